The molecule has 0 fully saturated rings. The minimum Gasteiger partial charge on any atom is -0.273 e. The molecule has 2 aromatic carbocycles. The Morgan fingerprint density at radius 2 is 1.82 bits per heavy atom. The van der Waals surface area contributed by atoms with E-state index in [1.54, 1.807) is 6.92 Å². The zero-order valence-corrected chi connectivity index (χ0v) is 14.7. The number of nitrogens with zero attached hydrogens (tertiary/aromatic N) is 2. The highest BCUT2D eigenvalue weighted by atomic mass is 19.4. The van der Waals surface area contributed by atoms with Gasteiger partial charge in [-0.15, -0.1) is 0 Å². The van der Waals surface area contributed by atoms with Gasteiger partial charge in [0.2, 0.25) is 5.91 Å². The Balaban J connectivity index is 2.01. The predicted molar refractivity (Wildman–Crippen MR) is 94.9 cm³/mol. The van der Waals surface area contributed by atoms with Crippen molar-refractivity contribution in [2.75, 3.05) is 5.43 Å². The average Bonchev–Trinajstić information content (AvgIpc) is 2.64. The maximum absolute atomic E-state index is 13.2. The first-order valence-corrected chi connectivity index (χ1v) is 8.37. The van der Waals surface area contributed by atoms with E-state index >= 15 is 0 Å². The molecular weight excluding hydrogens is 378 g/mol. The van der Waals surface area contributed by atoms with Crippen LogP contribution in [0.3, 0.4) is 0 Å². The van der Waals surface area contributed by atoms with Crippen LogP contribution in [0.1, 0.15) is 23.9 Å². The Hall–Kier alpha value is -3.23. The zero-order chi connectivity index (χ0) is 20.5. The molecule has 0 saturated heterocycles. The Labute approximate surface area is 156 Å². The van der Waals surface area contributed by atoms with Crippen molar-refractivity contribution in [2.45, 2.75) is 25.9 Å². The van der Waals surface area contributed by atoms with Crippen molar-refractivity contribution in [1.82, 2.24) is 9.66 Å². The molecule has 5 nitrogen and oxygen atoms in total. The van der Waals surface area contributed by atoms with E-state index in [9.17, 15) is 27.2 Å². The van der Waals surface area contributed by atoms with Gasteiger partial charge in [0, 0.05) is 6.42 Å². The minimum absolute atomic E-state index is 0.0124. The van der Waals surface area contributed by atoms with Gasteiger partial charge in [-0.2, -0.15) is 13.2 Å². The van der Waals surface area contributed by atoms with Crippen LogP contribution in [0.2, 0.25) is 0 Å². The number of amides is 1. The van der Waals surface area contributed by atoms with Gasteiger partial charge in [0.1, 0.15) is 11.6 Å². The summed E-state index contributed by atoms with van der Waals surface area (Å²) >= 11 is 0. The highest BCUT2D eigenvalue weighted by Gasteiger charge is 2.34. The van der Waals surface area contributed by atoms with Crippen LogP contribution in [0.25, 0.3) is 10.9 Å². The SMILES string of the molecule is CCc1nc2c(C(F)(F)F)cccc2c(=O)n1NC(=O)Cc1ccc(F)cc1. The molecule has 0 spiro atoms. The van der Waals surface area contributed by atoms with Crippen molar-refractivity contribution in [3.63, 3.8) is 0 Å². The second kappa shape index (κ2) is 7.41. The Morgan fingerprint density at radius 1 is 1.14 bits per heavy atom. The van der Waals surface area contributed by atoms with Crippen molar-refractivity contribution in [3.05, 3.63) is 75.6 Å². The third-order valence-electron chi connectivity index (χ3n) is 4.10. The average molecular weight is 393 g/mol. The molecule has 0 bridgehead atoms. The number of nitrogens with one attached hydrogen (secondary N) is 1. The number of benzene rings is 2. The largest absolute Gasteiger partial charge is 0.418 e. The number of carbonyl (C=O) groups excluding carboxylic acids is 1. The Kier molecular flexibility index (Phi) is 5.17. The van der Waals surface area contributed by atoms with Gasteiger partial charge in [-0.1, -0.05) is 25.1 Å². The van der Waals surface area contributed by atoms with Crippen molar-refractivity contribution >= 4 is 16.8 Å². The Morgan fingerprint density at radius 3 is 2.43 bits per heavy atom. The monoisotopic (exact) mass is 393 g/mol. The van der Waals surface area contributed by atoms with Gasteiger partial charge in [-0.3, -0.25) is 15.0 Å². The molecule has 1 heterocycles. The fourth-order valence-corrected chi connectivity index (χ4v) is 2.79. The van der Waals surface area contributed by atoms with E-state index in [-0.39, 0.29) is 24.1 Å². The summed E-state index contributed by atoms with van der Waals surface area (Å²) in [5, 5.41) is -0.255. The summed E-state index contributed by atoms with van der Waals surface area (Å²) in [6.07, 6.45) is -4.69. The number of para-hydroxylation sites is 1. The molecule has 0 saturated carbocycles. The molecule has 0 atom stereocenters. The molecule has 28 heavy (non-hydrogen) atoms. The smallest absolute Gasteiger partial charge is 0.273 e. The summed E-state index contributed by atoms with van der Waals surface area (Å²) in [6, 6.07) is 8.43. The van der Waals surface area contributed by atoms with Gasteiger partial charge >= 0.3 is 6.18 Å². The summed E-state index contributed by atoms with van der Waals surface area (Å²) in [5.74, 6) is -1.05. The second-order valence-corrected chi connectivity index (χ2v) is 6.06. The molecule has 0 radical (unpaired) electrons. The number of hydrogen-bond donors (Lipinski definition) is 1. The summed E-state index contributed by atoms with van der Waals surface area (Å²) < 4.78 is 53.5. The molecular formula is C19H15F4N3O2. The summed E-state index contributed by atoms with van der Waals surface area (Å²) in [5.41, 5.74) is 0.608. The van der Waals surface area contributed by atoms with Crippen molar-refractivity contribution in [3.8, 4) is 0 Å². The van der Waals surface area contributed by atoms with Gasteiger partial charge < -0.3 is 0 Å². The summed E-state index contributed by atoms with van der Waals surface area (Å²) in [4.78, 5) is 29.0. The van der Waals surface area contributed by atoms with Crippen LogP contribution in [0.15, 0.2) is 47.3 Å². The van der Waals surface area contributed by atoms with Gasteiger partial charge in [0.25, 0.3) is 5.56 Å². The quantitative estimate of drug-likeness (QED) is 0.691. The third kappa shape index (κ3) is 3.88. The van der Waals surface area contributed by atoms with Gasteiger partial charge in [0.05, 0.1) is 22.9 Å². The molecule has 9 heteroatoms. The number of carbonyl (C=O) groups is 1. The standard InChI is InChI=1S/C19H15F4N3O2/c1-2-15-24-17-13(4-3-5-14(17)19(21,22)23)18(28)26(15)25-16(27)10-11-6-8-12(20)9-7-11/h3-9H,2,10H2,1H3,(H,25,27). The number of hydrogen-bond acceptors (Lipinski definition) is 3. The molecule has 1 amide bonds. The normalized spacial score (nSPS) is 11.6. The topological polar surface area (TPSA) is 64.0 Å². The second-order valence-electron chi connectivity index (χ2n) is 6.06. The fraction of sp³-hybridized carbons (Fsp3) is 0.211. The van der Waals surface area contributed by atoms with Crippen LogP contribution < -0.4 is 11.0 Å². The lowest BCUT2D eigenvalue weighted by atomic mass is 10.1. The van der Waals surface area contributed by atoms with Crippen LogP contribution >= 0.6 is 0 Å². The molecule has 1 aromatic heterocycles. The third-order valence-corrected chi connectivity index (χ3v) is 4.10. The molecule has 0 unspecified atom stereocenters. The first kappa shape index (κ1) is 19.5. The number of rotatable bonds is 4. The van der Waals surface area contributed by atoms with Crippen LogP contribution in [0.5, 0.6) is 0 Å². The van der Waals surface area contributed by atoms with Crippen LogP contribution in [0, 0.1) is 5.82 Å². The lowest BCUT2D eigenvalue weighted by Gasteiger charge is -2.15. The van der Waals surface area contributed by atoms with E-state index in [4.69, 9.17) is 0 Å². The van der Waals surface area contributed by atoms with E-state index in [0.717, 1.165) is 16.8 Å². The zero-order valence-electron chi connectivity index (χ0n) is 14.7. The maximum Gasteiger partial charge on any atom is 0.418 e. The van der Waals surface area contributed by atoms with Gasteiger partial charge in [-0.05, 0) is 29.8 Å². The first-order valence-electron chi connectivity index (χ1n) is 8.37. The Bertz CT molecular complexity index is 1090. The summed E-state index contributed by atoms with van der Waals surface area (Å²) in [6.45, 7) is 1.60. The van der Waals surface area contributed by atoms with E-state index in [0.29, 0.717) is 5.56 Å². The van der Waals surface area contributed by atoms with E-state index in [1.165, 1.54) is 30.3 Å². The van der Waals surface area contributed by atoms with Crippen LogP contribution in [-0.4, -0.2) is 15.6 Å². The maximum atomic E-state index is 13.2. The number of halogens is 4. The fourth-order valence-electron chi connectivity index (χ4n) is 2.79. The van der Waals surface area contributed by atoms with Crippen molar-refractivity contribution < 1.29 is 22.4 Å². The molecule has 0 aliphatic rings. The molecule has 0 aliphatic heterocycles. The van der Waals surface area contributed by atoms with E-state index in [2.05, 4.69) is 10.4 Å². The first-order chi connectivity index (χ1) is 13.2. The van der Waals surface area contributed by atoms with Crippen LogP contribution in [0.4, 0.5) is 17.6 Å². The number of fused-ring (bicyclic) bond motifs is 1. The lowest BCUT2D eigenvalue weighted by Crippen LogP contribution is -2.37. The molecule has 0 aliphatic carbocycles. The number of aryl methyl sites for hydroxylation is 1. The number of alkyl halides is 3. The molecule has 3 rings (SSSR count). The minimum atomic E-state index is -4.66. The highest BCUT2D eigenvalue weighted by Crippen LogP contribution is 2.33. The predicted octanol–water partition coefficient (Wildman–Crippen LogP) is 3.43. The van der Waals surface area contributed by atoms with E-state index < -0.39 is 34.5 Å². The number of aromatic nitrogens is 2. The van der Waals surface area contributed by atoms with Crippen molar-refractivity contribution in [2.24, 2.45) is 0 Å². The molecule has 146 valence electrons. The highest BCUT2D eigenvalue weighted by molar-refractivity contribution is 5.87. The molecule has 3 aromatic rings. The summed E-state index contributed by atoms with van der Waals surface area (Å²) in [7, 11) is 0. The lowest BCUT2D eigenvalue weighted by molar-refractivity contribution is -0.136. The van der Waals surface area contributed by atoms with Crippen LogP contribution in [-0.2, 0) is 23.8 Å². The van der Waals surface area contributed by atoms with Gasteiger partial charge in [0.15, 0.2) is 0 Å². The molecule has 1 N–H and O–H groups in total. The van der Waals surface area contributed by atoms with Crippen molar-refractivity contribution in [1.29, 1.82) is 0 Å². The van der Waals surface area contributed by atoms with E-state index in [1.807, 2.05) is 0 Å². The van der Waals surface area contributed by atoms with Gasteiger partial charge in [-0.25, -0.2) is 14.1 Å².